The van der Waals surface area contributed by atoms with Crippen LogP contribution in [0.4, 0.5) is 0 Å². The third-order valence-electron chi connectivity index (χ3n) is 4.18. The summed E-state index contributed by atoms with van der Waals surface area (Å²) in [5.41, 5.74) is 0. The lowest BCUT2D eigenvalue weighted by atomic mass is 10.2. The highest BCUT2D eigenvalue weighted by molar-refractivity contribution is 4.62. The first kappa shape index (κ1) is 24.8. The monoisotopic (exact) mass is 362 g/mol. The zero-order chi connectivity index (χ0) is 18.6. The van der Waals surface area contributed by atoms with Gasteiger partial charge in [-0.15, -0.1) is 0 Å². The predicted molar refractivity (Wildman–Crippen MR) is 102 cm³/mol. The molecular formula is C20H42O5. The quantitative estimate of drug-likeness (QED) is 0.323. The van der Waals surface area contributed by atoms with Gasteiger partial charge in [0, 0.05) is 13.2 Å². The summed E-state index contributed by atoms with van der Waals surface area (Å²) in [6, 6.07) is 0. The third-order valence-corrected chi connectivity index (χ3v) is 4.18. The molecule has 25 heavy (non-hydrogen) atoms. The molecule has 0 aliphatic rings. The number of hydrogen-bond acceptors (Lipinski definition) is 5. The summed E-state index contributed by atoms with van der Waals surface area (Å²) in [5.74, 6) is 0. The van der Waals surface area contributed by atoms with E-state index >= 15 is 0 Å². The van der Waals surface area contributed by atoms with E-state index in [2.05, 4.69) is 13.8 Å². The Bertz CT molecular complexity index is 226. The Morgan fingerprint density at radius 3 is 1.36 bits per heavy atom. The van der Waals surface area contributed by atoms with Crippen molar-refractivity contribution in [3.8, 4) is 0 Å². The smallest absolute Gasteiger partial charge is 0.104 e. The fourth-order valence-corrected chi connectivity index (χ4v) is 2.59. The topological polar surface area (TPSA) is 68.2 Å². The number of ether oxygens (including phenoxy) is 3. The van der Waals surface area contributed by atoms with E-state index in [1.165, 1.54) is 51.4 Å². The zero-order valence-corrected chi connectivity index (χ0v) is 16.6. The molecule has 5 nitrogen and oxygen atoms in total. The molecule has 0 aliphatic carbocycles. The van der Waals surface area contributed by atoms with E-state index < -0.39 is 12.2 Å². The first-order chi connectivity index (χ1) is 12.3. The second-order valence-corrected chi connectivity index (χ2v) is 6.72. The van der Waals surface area contributed by atoms with Crippen LogP contribution in [-0.2, 0) is 14.2 Å². The van der Waals surface area contributed by atoms with E-state index in [0.29, 0.717) is 26.4 Å². The molecule has 0 saturated heterocycles. The maximum absolute atomic E-state index is 9.41. The number of aliphatic hydroxyl groups is 2. The molecule has 0 radical (unpaired) electrons. The third kappa shape index (κ3) is 17.0. The summed E-state index contributed by atoms with van der Waals surface area (Å²) in [5, 5.41) is 18.8. The van der Waals surface area contributed by atoms with Gasteiger partial charge in [-0.1, -0.05) is 65.2 Å². The van der Waals surface area contributed by atoms with Crippen LogP contribution in [0.1, 0.15) is 78.1 Å². The van der Waals surface area contributed by atoms with Crippen LogP contribution in [0.15, 0.2) is 0 Å². The molecule has 0 aromatic carbocycles. The number of hydrogen-bond donors (Lipinski definition) is 2. The first-order valence-corrected chi connectivity index (χ1v) is 10.3. The predicted octanol–water partition coefficient (Wildman–Crippen LogP) is 3.70. The van der Waals surface area contributed by atoms with Crippen molar-refractivity contribution in [1.29, 1.82) is 0 Å². The second-order valence-electron chi connectivity index (χ2n) is 6.72. The van der Waals surface area contributed by atoms with Crippen molar-refractivity contribution in [2.45, 2.75) is 90.3 Å². The molecule has 0 rings (SSSR count). The van der Waals surface area contributed by atoms with Gasteiger partial charge in [0.05, 0.1) is 26.4 Å². The highest BCUT2D eigenvalue weighted by Crippen LogP contribution is 2.06. The number of unbranched alkanes of at least 4 members (excludes halogenated alkanes) is 8. The van der Waals surface area contributed by atoms with Crippen LogP contribution >= 0.6 is 0 Å². The maximum atomic E-state index is 9.41. The van der Waals surface area contributed by atoms with Crippen molar-refractivity contribution in [3.05, 3.63) is 0 Å². The number of aliphatic hydroxyl groups excluding tert-OH is 2. The summed E-state index contributed by atoms with van der Waals surface area (Å²) in [4.78, 5) is 0. The molecule has 0 fully saturated rings. The van der Waals surface area contributed by atoms with Gasteiger partial charge in [0.25, 0.3) is 0 Å². The van der Waals surface area contributed by atoms with Gasteiger partial charge in [0.2, 0.25) is 0 Å². The Labute approximate surface area is 155 Å². The van der Waals surface area contributed by atoms with Crippen LogP contribution in [0.5, 0.6) is 0 Å². The van der Waals surface area contributed by atoms with Crippen molar-refractivity contribution in [3.63, 3.8) is 0 Å². The molecule has 0 saturated carbocycles. The van der Waals surface area contributed by atoms with E-state index in [9.17, 15) is 10.2 Å². The first-order valence-electron chi connectivity index (χ1n) is 10.3. The molecule has 2 N–H and O–H groups in total. The summed E-state index contributed by atoms with van der Waals surface area (Å²) in [6.07, 6.45) is 11.2. The summed E-state index contributed by atoms with van der Waals surface area (Å²) >= 11 is 0. The Morgan fingerprint density at radius 2 is 1.00 bits per heavy atom. The van der Waals surface area contributed by atoms with Crippen molar-refractivity contribution >= 4 is 0 Å². The van der Waals surface area contributed by atoms with E-state index in [1.807, 2.05) is 0 Å². The van der Waals surface area contributed by atoms with Gasteiger partial charge >= 0.3 is 0 Å². The van der Waals surface area contributed by atoms with Gasteiger partial charge in [0.15, 0.2) is 0 Å². The molecule has 0 aliphatic heterocycles. The second kappa shape index (κ2) is 20.1. The van der Waals surface area contributed by atoms with Crippen molar-refractivity contribution in [1.82, 2.24) is 0 Å². The van der Waals surface area contributed by atoms with Gasteiger partial charge < -0.3 is 24.4 Å². The van der Waals surface area contributed by atoms with Crippen LogP contribution < -0.4 is 0 Å². The lowest BCUT2D eigenvalue weighted by molar-refractivity contribution is -0.115. The van der Waals surface area contributed by atoms with Crippen LogP contribution in [0.2, 0.25) is 0 Å². The van der Waals surface area contributed by atoms with Gasteiger partial charge in [-0.3, -0.25) is 0 Å². The summed E-state index contributed by atoms with van der Waals surface area (Å²) in [7, 11) is 0. The molecular weight excluding hydrogens is 320 g/mol. The Balaban J connectivity index is 3.67. The van der Waals surface area contributed by atoms with Crippen LogP contribution in [0.3, 0.4) is 0 Å². The number of rotatable bonds is 20. The van der Waals surface area contributed by atoms with E-state index in [0.717, 1.165) is 12.8 Å². The van der Waals surface area contributed by atoms with Gasteiger partial charge in [-0.05, 0) is 12.8 Å². The molecule has 0 heterocycles. The maximum Gasteiger partial charge on any atom is 0.104 e. The Morgan fingerprint density at radius 1 is 0.600 bits per heavy atom. The largest absolute Gasteiger partial charge is 0.394 e. The van der Waals surface area contributed by atoms with Crippen LogP contribution in [0.25, 0.3) is 0 Å². The average molecular weight is 363 g/mol. The molecule has 2 unspecified atom stereocenters. The molecule has 2 atom stereocenters. The van der Waals surface area contributed by atoms with Gasteiger partial charge in [-0.2, -0.15) is 0 Å². The average Bonchev–Trinajstić information content (AvgIpc) is 2.64. The SMILES string of the molecule is CCCCCCCOCC(CO)OC(CO)COCCCCCCC. The lowest BCUT2D eigenvalue weighted by Crippen LogP contribution is -2.34. The standard InChI is InChI=1S/C20H42O5/c1-3-5-7-9-11-13-23-17-19(15-21)25-20(16-22)18-24-14-12-10-8-6-4-2/h19-22H,3-18H2,1-2H3. The normalized spacial score (nSPS) is 13.9. The van der Waals surface area contributed by atoms with Crippen molar-refractivity contribution < 1.29 is 24.4 Å². The zero-order valence-electron chi connectivity index (χ0n) is 16.6. The lowest BCUT2D eigenvalue weighted by Gasteiger charge is -2.22. The van der Waals surface area contributed by atoms with E-state index in [1.54, 1.807) is 0 Å². The minimum atomic E-state index is -0.402. The van der Waals surface area contributed by atoms with E-state index in [4.69, 9.17) is 14.2 Å². The van der Waals surface area contributed by atoms with Gasteiger partial charge in [-0.25, -0.2) is 0 Å². The minimum absolute atomic E-state index is 0.108. The molecule has 5 heteroatoms. The highest BCUT2D eigenvalue weighted by Gasteiger charge is 2.16. The molecule has 0 aromatic heterocycles. The molecule has 0 amide bonds. The summed E-state index contributed by atoms with van der Waals surface area (Å²) < 4.78 is 16.9. The van der Waals surface area contributed by atoms with Crippen LogP contribution in [-0.4, -0.2) is 62.1 Å². The molecule has 152 valence electrons. The minimum Gasteiger partial charge on any atom is -0.394 e. The molecule has 0 bridgehead atoms. The van der Waals surface area contributed by atoms with Crippen molar-refractivity contribution in [2.24, 2.45) is 0 Å². The van der Waals surface area contributed by atoms with E-state index in [-0.39, 0.29) is 13.2 Å². The molecule has 0 aromatic rings. The Kier molecular flexibility index (Phi) is 20.0. The fourth-order valence-electron chi connectivity index (χ4n) is 2.59. The summed E-state index contributed by atoms with van der Waals surface area (Å²) in [6.45, 7) is 6.30. The van der Waals surface area contributed by atoms with Crippen LogP contribution in [0, 0.1) is 0 Å². The Hall–Kier alpha value is -0.200. The molecule has 0 spiro atoms. The van der Waals surface area contributed by atoms with Gasteiger partial charge in [0.1, 0.15) is 12.2 Å². The highest BCUT2D eigenvalue weighted by atomic mass is 16.6. The fraction of sp³-hybridized carbons (Fsp3) is 1.00. The van der Waals surface area contributed by atoms with Crippen molar-refractivity contribution in [2.75, 3.05) is 39.6 Å².